The van der Waals surface area contributed by atoms with Gasteiger partial charge in [-0.05, 0) is 24.1 Å². The molecule has 2 rings (SSSR count). The third kappa shape index (κ3) is 3.83. The molecule has 0 aliphatic heterocycles. The smallest absolute Gasteiger partial charge is 0.143 e. The van der Waals surface area contributed by atoms with Crippen molar-refractivity contribution < 1.29 is 9.47 Å². The fourth-order valence-electron chi connectivity index (χ4n) is 1.98. The normalized spacial score (nSPS) is 10.3. The maximum absolute atomic E-state index is 6.10. The molecule has 0 aliphatic rings. The molecule has 21 heavy (non-hydrogen) atoms. The summed E-state index contributed by atoms with van der Waals surface area (Å²) in [6.45, 7) is 2.73. The molecule has 0 fully saturated rings. The van der Waals surface area contributed by atoms with E-state index in [1.54, 1.807) is 20.3 Å². The predicted octanol–water partition coefficient (Wildman–Crippen LogP) is 5.04. The van der Waals surface area contributed by atoms with Crippen molar-refractivity contribution in [1.82, 2.24) is 0 Å². The standard InChI is InChI=1S/C16H17BrClNO2/c1-10-4-5-11(12(17)6-10)9-19-14-8-15(20-2)13(18)7-16(14)21-3/h4-8,19H,9H2,1-3H3. The molecular weight excluding hydrogens is 354 g/mol. The second kappa shape index (κ2) is 7.05. The Kier molecular flexibility index (Phi) is 5.37. The zero-order chi connectivity index (χ0) is 15.4. The van der Waals surface area contributed by atoms with Gasteiger partial charge in [0.05, 0.1) is 24.9 Å². The number of rotatable bonds is 5. The summed E-state index contributed by atoms with van der Waals surface area (Å²) in [6.07, 6.45) is 0. The molecule has 0 atom stereocenters. The number of hydrogen-bond donors (Lipinski definition) is 1. The van der Waals surface area contributed by atoms with E-state index in [2.05, 4.69) is 46.4 Å². The highest BCUT2D eigenvalue weighted by molar-refractivity contribution is 9.10. The lowest BCUT2D eigenvalue weighted by atomic mass is 10.1. The average Bonchev–Trinajstić information content (AvgIpc) is 2.47. The number of nitrogens with one attached hydrogen (secondary N) is 1. The van der Waals surface area contributed by atoms with Crippen LogP contribution in [0.3, 0.4) is 0 Å². The van der Waals surface area contributed by atoms with Gasteiger partial charge in [-0.3, -0.25) is 0 Å². The largest absolute Gasteiger partial charge is 0.495 e. The minimum atomic E-state index is 0.524. The van der Waals surface area contributed by atoms with Gasteiger partial charge in [0.15, 0.2) is 0 Å². The van der Waals surface area contributed by atoms with Gasteiger partial charge in [-0.2, -0.15) is 0 Å². The van der Waals surface area contributed by atoms with Crippen LogP contribution in [0, 0.1) is 6.92 Å². The number of benzene rings is 2. The van der Waals surface area contributed by atoms with Gasteiger partial charge in [0, 0.05) is 23.2 Å². The summed E-state index contributed by atoms with van der Waals surface area (Å²) in [7, 11) is 3.21. The molecule has 2 aromatic rings. The lowest BCUT2D eigenvalue weighted by molar-refractivity contribution is 0.404. The van der Waals surface area contributed by atoms with Gasteiger partial charge in [-0.15, -0.1) is 0 Å². The van der Waals surface area contributed by atoms with Crippen LogP contribution in [0.2, 0.25) is 5.02 Å². The summed E-state index contributed by atoms with van der Waals surface area (Å²) >= 11 is 9.68. The van der Waals surface area contributed by atoms with E-state index in [9.17, 15) is 0 Å². The second-order valence-corrected chi connectivity index (χ2v) is 5.90. The van der Waals surface area contributed by atoms with Crippen LogP contribution >= 0.6 is 27.5 Å². The van der Waals surface area contributed by atoms with Crippen molar-refractivity contribution in [2.45, 2.75) is 13.5 Å². The zero-order valence-corrected chi connectivity index (χ0v) is 14.5. The maximum atomic E-state index is 6.10. The van der Waals surface area contributed by atoms with E-state index in [0.717, 1.165) is 15.7 Å². The fraction of sp³-hybridized carbons (Fsp3) is 0.250. The third-order valence-corrected chi connectivity index (χ3v) is 4.19. The third-order valence-electron chi connectivity index (χ3n) is 3.15. The first-order chi connectivity index (χ1) is 10.0. The molecular formula is C16H17BrClNO2. The van der Waals surface area contributed by atoms with Gasteiger partial charge < -0.3 is 14.8 Å². The van der Waals surface area contributed by atoms with Gasteiger partial charge in [0.2, 0.25) is 0 Å². The Morgan fingerprint density at radius 1 is 1.10 bits per heavy atom. The van der Waals surface area contributed by atoms with Gasteiger partial charge in [0.1, 0.15) is 11.5 Å². The van der Waals surface area contributed by atoms with Gasteiger partial charge in [-0.1, -0.05) is 39.7 Å². The van der Waals surface area contributed by atoms with E-state index in [0.29, 0.717) is 23.1 Å². The van der Waals surface area contributed by atoms with Crippen LogP contribution in [0.1, 0.15) is 11.1 Å². The van der Waals surface area contributed by atoms with Gasteiger partial charge in [-0.25, -0.2) is 0 Å². The van der Waals surface area contributed by atoms with Crippen molar-refractivity contribution in [3.8, 4) is 11.5 Å². The van der Waals surface area contributed by atoms with Crippen LogP contribution in [-0.4, -0.2) is 14.2 Å². The van der Waals surface area contributed by atoms with Crippen molar-refractivity contribution in [2.75, 3.05) is 19.5 Å². The molecule has 112 valence electrons. The molecule has 0 saturated carbocycles. The van der Waals surface area contributed by atoms with E-state index >= 15 is 0 Å². The van der Waals surface area contributed by atoms with Crippen molar-refractivity contribution in [2.24, 2.45) is 0 Å². The number of methoxy groups -OCH3 is 2. The van der Waals surface area contributed by atoms with Gasteiger partial charge >= 0.3 is 0 Å². The summed E-state index contributed by atoms with van der Waals surface area (Å²) < 4.78 is 11.7. The molecule has 5 heteroatoms. The van der Waals surface area contributed by atoms with Crippen LogP contribution in [-0.2, 0) is 6.54 Å². The molecule has 2 aromatic carbocycles. The summed E-state index contributed by atoms with van der Waals surface area (Å²) in [5.41, 5.74) is 3.22. The molecule has 0 aliphatic carbocycles. The SMILES string of the molecule is COc1cc(NCc2ccc(C)cc2Br)c(OC)cc1Cl. The fourth-order valence-corrected chi connectivity index (χ4v) is 2.85. The van der Waals surface area contributed by atoms with E-state index in [1.165, 1.54) is 5.56 Å². The maximum Gasteiger partial charge on any atom is 0.143 e. The van der Waals surface area contributed by atoms with Crippen molar-refractivity contribution >= 4 is 33.2 Å². The Hall–Kier alpha value is -1.39. The molecule has 3 nitrogen and oxygen atoms in total. The van der Waals surface area contributed by atoms with E-state index in [4.69, 9.17) is 21.1 Å². The van der Waals surface area contributed by atoms with E-state index in [1.807, 2.05) is 6.07 Å². The molecule has 0 bridgehead atoms. The lowest BCUT2D eigenvalue weighted by Gasteiger charge is -2.14. The van der Waals surface area contributed by atoms with Crippen LogP contribution in [0.25, 0.3) is 0 Å². The quantitative estimate of drug-likeness (QED) is 0.800. The van der Waals surface area contributed by atoms with Crippen LogP contribution in [0.15, 0.2) is 34.8 Å². The highest BCUT2D eigenvalue weighted by Gasteiger charge is 2.10. The monoisotopic (exact) mass is 369 g/mol. The topological polar surface area (TPSA) is 30.5 Å². The Morgan fingerprint density at radius 3 is 2.43 bits per heavy atom. The van der Waals surface area contributed by atoms with Gasteiger partial charge in [0.25, 0.3) is 0 Å². The summed E-state index contributed by atoms with van der Waals surface area (Å²) in [5, 5.41) is 3.87. The van der Waals surface area contributed by atoms with Crippen molar-refractivity contribution in [3.63, 3.8) is 0 Å². The number of ether oxygens (including phenoxy) is 2. The highest BCUT2D eigenvalue weighted by Crippen LogP contribution is 2.36. The van der Waals surface area contributed by atoms with Crippen molar-refractivity contribution in [3.05, 3.63) is 51.0 Å². The second-order valence-electron chi connectivity index (χ2n) is 4.64. The van der Waals surface area contributed by atoms with Crippen molar-refractivity contribution in [1.29, 1.82) is 0 Å². The van der Waals surface area contributed by atoms with Crippen LogP contribution in [0.5, 0.6) is 11.5 Å². The Balaban J connectivity index is 2.22. The molecule has 1 N–H and O–H groups in total. The molecule has 0 heterocycles. The highest BCUT2D eigenvalue weighted by atomic mass is 79.9. The first-order valence-corrected chi connectivity index (χ1v) is 7.62. The van der Waals surface area contributed by atoms with E-state index < -0.39 is 0 Å². The minimum absolute atomic E-state index is 0.524. The molecule has 0 unspecified atom stereocenters. The van der Waals surface area contributed by atoms with Crippen LogP contribution < -0.4 is 14.8 Å². The molecule has 0 spiro atoms. The predicted molar refractivity (Wildman–Crippen MR) is 90.8 cm³/mol. The average molecular weight is 371 g/mol. The summed E-state index contributed by atoms with van der Waals surface area (Å²) in [5.74, 6) is 1.30. The van der Waals surface area contributed by atoms with E-state index in [-0.39, 0.29) is 0 Å². The van der Waals surface area contributed by atoms with Crippen LogP contribution in [0.4, 0.5) is 5.69 Å². The zero-order valence-electron chi connectivity index (χ0n) is 12.2. The summed E-state index contributed by atoms with van der Waals surface area (Å²) in [6, 6.07) is 9.85. The number of hydrogen-bond acceptors (Lipinski definition) is 3. The molecule has 0 aromatic heterocycles. The lowest BCUT2D eigenvalue weighted by Crippen LogP contribution is -2.03. The molecule has 0 radical (unpaired) electrons. The minimum Gasteiger partial charge on any atom is -0.495 e. The first-order valence-electron chi connectivity index (χ1n) is 6.45. The molecule has 0 saturated heterocycles. The summed E-state index contributed by atoms with van der Waals surface area (Å²) in [4.78, 5) is 0. The molecule has 0 amide bonds. The Labute approximate surface area is 138 Å². The number of anilines is 1. The Bertz CT molecular complexity index is 646. The number of halogens is 2. The Morgan fingerprint density at radius 2 is 1.81 bits per heavy atom. The first kappa shape index (κ1) is 16.0. The number of aryl methyl sites for hydroxylation is 1.